The van der Waals surface area contributed by atoms with E-state index in [1.165, 1.54) is 0 Å². The van der Waals surface area contributed by atoms with Crippen LogP contribution >= 0.6 is 0 Å². The van der Waals surface area contributed by atoms with Gasteiger partial charge >= 0.3 is 0 Å². The molecule has 0 unspecified atom stereocenters. The molecule has 0 aliphatic heterocycles. The van der Waals surface area contributed by atoms with Crippen LogP contribution in [0.25, 0.3) is 0 Å². The Balaban J connectivity index is 1.99. The second-order valence-electron chi connectivity index (χ2n) is 3.88. The van der Waals surface area contributed by atoms with Crippen molar-refractivity contribution in [1.29, 1.82) is 5.26 Å². The van der Waals surface area contributed by atoms with E-state index in [4.69, 9.17) is 9.78 Å². The van der Waals surface area contributed by atoms with Crippen LogP contribution in [0, 0.1) is 25.2 Å². The van der Waals surface area contributed by atoms with Crippen LogP contribution < -0.4 is 5.32 Å². The fraction of sp³-hybridized carbons (Fsp3) is 0.333. The Morgan fingerprint density at radius 2 is 2.28 bits per heavy atom. The zero-order valence-electron chi connectivity index (χ0n) is 10.3. The third-order valence-electron chi connectivity index (χ3n) is 2.47. The molecule has 0 aliphatic rings. The van der Waals surface area contributed by atoms with Gasteiger partial charge in [0.2, 0.25) is 5.89 Å². The van der Waals surface area contributed by atoms with Gasteiger partial charge in [-0.25, -0.2) is 4.98 Å². The topological polar surface area (TPSA) is 87.6 Å². The van der Waals surface area contributed by atoms with E-state index in [1.54, 1.807) is 13.1 Å². The average molecular weight is 243 g/mol. The van der Waals surface area contributed by atoms with Crippen LogP contribution in [0.2, 0.25) is 0 Å². The van der Waals surface area contributed by atoms with Gasteiger partial charge in [-0.1, -0.05) is 5.16 Å². The Kier molecular flexibility index (Phi) is 3.53. The Morgan fingerprint density at radius 1 is 1.44 bits per heavy atom. The molecule has 6 nitrogen and oxygen atoms in total. The number of pyridine rings is 1. The zero-order chi connectivity index (χ0) is 13.0. The molecule has 0 radical (unpaired) electrons. The van der Waals surface area contributed by atoms with Gasteiger partial charge in [-0.3, -0.25) is 0 Å². The number of nitrogens with zero attached hydrogens (tertiary/aromatic N) is 4. The van der Waals surface area contributed by atoms with Crippen molar-refractivity contribution in [2.75, 3.05) is 11.9 Å². The molecule has 0 aliphatic carbocycles. The number of hydrogen-bond donors (Lipinski definition) is 1. The second kappa shape index (κ2) is 5.27. The molecule has 0 atom stereocenters. The van der Waals surface area contributed by atoms with Gasteiger partial charge in [0, 0.05) is 19.2 Å². The maximum Gasteiger partial charge on any atom is 0.228 e. The molecule has 6 heteroatoms. The Hall–Kier alpha value is -2.42. The maximum atomic E-state index is 9.05. The predicted molar refractivity (Wildman–Crippen MR) is 64.9 cm³/mol. The van der Waals surface area contributed by atoms with E-state index in [1.807, 2.05) is 13.0 Å². The standard InChI is InChI=1S/C12H13N5O/c1-8-3-5-14-12(10(8)7-13)15-6-4-11-16-9(2)17-18-11/h3,5H,4,6H2,1-2H3,(H,14,15). The van der Waals surface area contributed by atoms with Gasteiger partial charge in [-0.05, 0) is 25.5 Å². The highest BCUT2D eigenvalue weighted by Crippen LogP contribution is 2.14. The fourth-order valence-corrected chi connectivity index (χ4v) is 1.56. The number of rotatable bonds is 4. The van der Waals surface area contributed by atoms with Crippen LogP contribution in [0.3, 0.4) is 0 Å². The molecule has 0 bridgehead atoms. The van der Waals surface area contributed by atoms with Gasteiger partial charge < -0.3 is 9.84 Å². The summed E-state index contributed by atoms with van der Waals surface area (Å²) in [5.74, 6) is 1.79. The summed E-state index contributed by atoms with van der Waals surface area (Å²) in [4.78, 5) is 8.25. The maximum absolute atomic E-state index is 9.05. The van der Waals surface area contributed by atoms with E-state index in [2.05, 4.69) is 26.5 Å². The fourth-order valence-electron chi connectivity index (χ4n) is 1.56. The van der Waals surface area contributed by atoms with Crippen molar-refractivity contribution in [2.45, 2.75) is 20.3 Å². The van der Waals surface area contributed by atoms with Crippen LogP contribution in [0.4, 0.5) is 5.82 Å². The summed E-state index contributed by atoms with van der Waals surface area (Å²) in [6, 6.07) is 3.95. The van der Waals surface area contributed by atoms with Crippen LogP contribution in [0.1, 0.15) is 22.8 Å². The molecular weight excluding hydrogens is 230 g/mol. The Labute approximate surface area is 105 Å². The van der Waals surface area contributed by atoms with E-state index in [0.717, 1.165) is 5.56 Å². The van der Waals surface area contributed by atoms with E-state index in [9.17, 15) is 0 Å². The smallest absolute Gasteiger partial charge is 0.228 e. The monoisotopic (exact) mass is 243 g/mol. The normalized spacial score (nSPS) is 10.1. The van der Waals surface area contributed by atoms with Crippen LogP contribution in [0.15, 0.2) is 16.8 Å². The van der Waals surface area contributed by atoms with Crippen molar-refractivity contribution in [3.63, 3.8) is 0 Å². The molecule has 1 N–H and O–H groups in total. The van der Waals surface area contributed by atoms with Crippen molar-refractivity contribution < 1.29 is 4.52 Å². The number of anilines is 1. The van der Waals surface area contributed by atoms with E-state index >= 15 is 0 Å². The molecule has 0 fully saturated rings. The second-order valence-corrected chi connectivity index (χ2v) is 3.88. The van der Waals surface area contributed by atoms with Gasteiger partial charge in [-0.2, -0.15) is 10.2 Å². The highest BCUT2D eigenvalue weighted by atomic mass is 16.5. The first-order valence-electron chi connectivity index (χ1n) is 5.59. The molecule has 0 amide bonds. The van der Waals surface area contributed by atoms with Gasteiger partial charge in [0.05, 0.1) is 5.56 Å². The number of nitriles is 1. The summed E-state index contributed by atoms with van der Waals surface area (Å²) in [5.41, 5.74) is 1.47. The minimum Gasteiger partial charge on any atom is -0.368 e. The lowest BCUT2D eigenvalue weighted by Gasteiger charge is -2.06. The first-order chi connectivity index (χ1) is 8.70. The highest BCUT2D eigenvalue weighted by Gasteiger charge is 2.07. The Morgan fingerprint density at radius 3 is 2.94 bits per heavy atom. The van der Waals surface area contributed by atoms with Crippen molar-refractivity contribution in [3.8, 4) is 6.07 Å². The van der Waals surface area contributed by atoms with Gasteiger partial charge in [-0.15, -0.1) is 0 Å². The molecule has 0 saturated heterocycles. The minimum absolute atomic E-state index is 0.569. The lowest BCUT2D eigenvalue weighted by atomic mass is 10.1. The molecular formula is C12H13N5O. The molecule has 92 valence electrons. The molecule has 2 aromatic heterocycles. The SMILES string of the molecule is Cc1noc(CCNc2nccc(C)c2C#N)n1. The van der Waals surface area contributed by atoms with Gasteiger partial charge in [0.15, 0.2) is 5.82 Å². The molecule has 0 aromatic carbocycles. The van der Waals surface area contributed by atoms with E-state index < -0.39 is 0 Å². The first kappa shape index (κ1) is 12.0. The number of nitrogens with one attached hydrogen (secondary N) is 1. The number of aryl methyl sites for hydroxylation is 2. The van der Waals surface area contributed by atoms with Crippen LogP contribution in [-0.2, 0) is 6.42 Å². The molecule has 0 spiro atoms. The van der Waals surface area contributed by atoms with Crippen molar-refractivity contribution in [3.05, 3.63) is 35.1 Å². The van der Waals surface area contributed by atoms with Crippen LogP contribution in [-0.4, -0.2) is 21.7 Å². The summed E-state index contributed by atoms with van der Waals surface area (Å²) >= 11 is 0. The molecule has 2 heterocycles. The summed E-state index contributed by atoms with van der Waals surface area (Å²) < 4.78 is 5.00. The third-order valence-corrected chi connectivity index (χ3v) is 2.47. The third kappa shape index (κ3) is 2.63. The molecule has 2 aromatic rings. The zero-order valence-corrected chi connectivity index (χ0v) is 10.3. The summed E-state index contributed by atoms with van der Waals surface area (Å²) in [7, 11) is 0. The van der Waals surface area contributed by atoms with Crippen molar-refractivity contribution in [2.24, 2.45) is 0 Å². The number of aromatic nitrogens is 3. The highest BCUT2D eigenvalue weighted by molar-refractivity contribution is 5.55. The van der Waals surface area contributed by atoms with Crippen molar-refractivity contribution >= 4 is 5.82 Å². The summed E-state index contributed by atoms with van der Waals surface area (Å²) in [6.45, 7) is 4.25. The average Bonchev–Trinajstić information content (AvgIpc) is 2.75. The lowest BCUT2D eigenvalue weighted by molar-refractivity contribution is 0.377. The predicted octanol–water partition coefficient (Wildman–Crippen LogP) is 1.61. The van der Waals surface area contributed by atoms with E-state index in [0.29, 0.717) is 36.1 Å². The first-order valence-corrected chi connectivity index (χ1v) is 5.59. The quantitative estimate of drug-likeness (QED) is 0.877. The van der Waals surface area contributed by atoms with Gasteiger partial charge in [0.1, 0.15) is 11.9 Å². The lowest BCUT2D eigenvalue weighted by Crippen LogP contribution is -2.08. The van der Waals surface area contributed by atoms with Crippen LogP contribution in [0.5, 0.6) is 0 Å². The largest absolute Gasteiger partial charge is 0.368 e. The summed E-state index contributed by atoms with van der Waals surface area (Å²) in [6.07, 6.45) is 2.27. The van der Waals surface area contributed by atoms with Gasteiger partial charge in [0.25, 0.3) is 0 Å². The Bertz CT molecular complexity index is 584. The van der Waals surface area contributed by atoms with Crippen molar-refractivity contribution in [1.82, 2.24) is 15.1 Å². The minimum atomic E-state index is 0.569. The molecule has 0 saturated carbocycles. The number of hydrogen-bond acceptors (Lipinski definition) is 6. The molecule has 18 heavy (non-hydrogen) atoms. The summed E-state index contributed by atoms with van der Waals surface area (Å²) in [5, 5.41) is 15.9. The molecule has 2 rings (SSSR count). The van der Waals surface area contributed by atoms with E-state index in [-0.39, 0.29) is 0 Å².